The van der Waals surface area contributed by atoms with Crippen LogP contribution >= 0.6 is 11.8 Å². The van der Waals surface area contributed by atoms with Crippen LogP contribution in [0.3, 0.4) is 0 Å². The van der Waals surface area contributed by atoms with Crippen molar-refractivity contribution < 1.29 is 14.4 Å². The van der Waals surface area contributed by atoms with E-state index in [-0.39, 0.29) is 17.7 Å². The number of fused-ring (bicyclic) bond motifs is 2. The van der Waals surface area contributed by atoms with Gasteiger partial charge in [-0.15, -0.1) is 5.10 Å². The molecule has 1 spiro atoms. The second-order valence-electron chi connectivity index (χ2n) is 9.31. The number of benzene rings is 1. The molecular formula is C25H34N6O3S. The number of nitrogens with zero attached hydrogens (tertiary/aromatic N) is 4. The third kappa shape index (κ3) is 6.42. The zero-order valence-corrected chi connectivity index (χ0v) is 21.1. The maximum absolute atomic E-state index is 13.9. The monoisotopic (exact) mass is 498 g/mol. The van der Waals surface area contributed by atoms with Crippen molar-refractivity contribution in [2.45, 2.75) is 51.6 Å². The highest BCUT2D eigenvalue weighted by Crippen LogP contribution is 2.36. The van der Waals surface area contributed by atoms with Crippen LogP contribution < -0.4 is 10.6 Å². The zero-order chi connectivity index (χ0) is 24.7. The van der Waals surface area contributed by atoms with Crippen molar-refractivity contribution >= 4 is 29.5 Å². The summed E-state index contributed by atoms with van der Waals surface area (Å²) in [5.41, 5.74) is 1.00. The maximum Gasteiger partial charge on any atom is 0.242 e. The number of hydrogen-bond acceptors (Lipinski definition) is 6. The summed E-state index contributed by atoms with van der Waals surface area (Å²) in [5, 5.41) is 14.6. The van der Waals surface area contributed by atoms with Crippen LogP contribution in [0.15, 0.2) is 36.5 Å². The number of piperidine rings is 1. The van der Waals surface area contributed by atoms with Crippen LogP contribution in [0.25, 0.3) is 0 Å². The van der Waals surface area contributed by atoms with Crippen LogP contribution in [0.1, 0.15) is 37.4 Å². The zero-order valence-electron chi connectivity index (χ0n) is 20.2. The largest absolute Gasteiger partial charge is 0.354 e. The van der Waals surface area contributed by atoms with Crippen molar-refractivity contribution in [3.8, 4) is 0 Å². The average Bonchev–Trinajstić information content (AvgIpc) is 3.32. The van der Waals surface area contributed by atoms with Crippen LogP contribution in [0.5, 0.6) is 0 Å². The summed E-state index contributed by atoms with van der Waals surface area (Å²) < 4.78 is 1.77. The van der Waals surface area contributed by atoms with Crippen LogP contribution in [0, 0.1) is 5.41 Å². The molecule has 0 radical (unpaired) electrons. The Bertz CT molecular complexity index is 1020. The summed E-state index contributed by atoms with van der Waals surface area (Å²) in [6, 6.07) is 9.06. The molecule has 1 fully saturated rings. The van der Waals surface area contributed by atoms with E-state index in [1.807, 2.05) is 48.4 Å². The fraction of sp³-hybridized carbons (Fsp3) is 0.560. The first kappa shape index (κ1) is 25.2. The Balaban J connectivity index is 1.57. The normalized spacial score (nSPS) is 20.8. The van der Waals surface area contributed by atoms with E-state index in [2.05, 4.69) is 20.9 Å². The van der Waals surface area contributed by atoms with Gasteiger partial charge < -0.3 is 15.5 Å². The second kappa shape index (κ2) is 11.7. The molecule has 2 bridgehead atoms. The molecular weight excluding hydrogens is 464 g/mol. The van der Waals surface area contributed by atoms with E-state index in [0.29, 0.717) is 57.6 Å². The van der Waals surface area contributed by atoms with E-state index < -0.39 is 11.5 Å². The Morgan fingerprint density at radius 1 is 1.17 bits per heavy atom. The van der Waals surface area contributed by atoms with E-state index in [9.17, 15) is 14.4 Å². The van der Waals surface area contributed by atoms with E-state index in [1.54, 1.807) is 16.4 Å². The Kier molecular flexibility index (Phi) is 8.43. The van der Waals surface area contributed by atoms with Gasteiger partial charge in [0.1, 0.15) is 6.04 Å². The number of likely N-dealkylation sites (tertiary alicyclic amines) is 1. The average molecular weight is 499 g/mol. The molecule has 3 heterocycles. The summed E-state index contributed by atoms with van der Waals surface area (Å²) >= 11 is 1.61. The third-order valence-electron chi connectivity index (χ3n) is 6.86. The van der Waals surface area contributed by atoms with Crippen molar-refractivity contribution in [2.75, 3.05) is 31.1 Å². The molecule has 2 aliphatic rings. The van der Waals surface area contributed by atoms with E-state index in [4.69, 9.17) is 0 Å². The Morgan fingerprint density at radius 2 is 1.94 bits per heavy atom. The topological polar surface area (TPSA) is 109 Å². The Labute approximate surface area is 210 Å². The Hall–Kier alpha value is -2.88. The summed E-state index contributed by atoms with van der Waals surface area (Å²) in [6.07, 6.45) is 4.51. The molecule has 0 saturated carbocycles. The minimum Gasteiger partial charge on any atom is -0.354 e. The number of aromatic nitrogens is 3. The standard InChI is InChI=1S/C25H34N6O3S/c1-2-35-18-22(32)30-13-9-25(10-14-30)16-20-17-31(29-28-20)12-6-11-26-23(33)21(27-24(25)34)15-19-7-4-3-5-8-19/h3-5,7-8,17,21H,2,6,9-16,18H2,1H3,(H,26,33)(H,27,34)/t21-/m0/s1. The minimum atomic E-state index is -0.751. The molecule has 1 saturated heterocycles. The van der Waals surface area contributed by atoms with Crippen LogP contribution in [-0.2, 0) is 33.8 Å². The Morgan fingerprint density at radius 3 is 2.69 bits per heavy atom. The van der Waals surface area contributed by atoms with E-state index in [1.165, 1.54) is 0 Å². The van der Waals surface area contributed by atoms with Gasteiger partial charge in [0.05, 0.1) is 16.9 Å². The summed E-state index contributed by atoms with van der Waals surface area (Å²) in [6.45, 7) is 4.20. The molecule has 0 unspecified atom stereocenters. The lowest BCUT2D eigenvalue weighted by Gasteiger charge is -2.41. The SMILES string of the molecule is CCSCC(=O)N1CCC2(CC1)Cc1cn(nn1)CCCNC(=O)[C@H](Cc1ccccc1)NC2=O. The van der Waals surface area contributed by atoms with Gasteiger partial charge in [-0.05, 0) is 30.6 Å². The van der Waals surface area contributed by atoms with Crippen molar-refractivity contribution in [3.63, 3.8) is 0 Å². The lowest BCUT2D eigenvalue weighted by atomic mass is 9.73. The first-order chi connectivity index (χ1) is 17.0. The van der Waals surface area contributed by atoms with Gasteiger partial charge in [-0.3, -0.25) is 19.1 Å². The number of aryl methyl sites for hydroxylation is 1. The van der Waals surface area contributed by atoms with E-state index >= 15 is 0 Å². The van der Waals surface area contributed by atoms with Crippen LogP contribution in [-0.4, -0.2) is 74.8 Å². The highest BCUT2D eigenvalue weighted by Gasteiger charge is 2.44. The molecule has 1 atom stereocenters. The van der Waals surface area contributed by atoms with Crippen LogP contribution in [0.2, 0.25) is 0 Å². The van der Waals surface area contributed by atoms with E-state index in [0.717, 1.165) is 23.4 Å². The predicted molar refractivity (Wildman–Crippen MR) is 135 cm³/mol. The molecule has 9 nitrogen and oxygen atoms in total. The lowest BCUT2D eigenvalue weighted by Crippen LogP contribution is -2.56. The first-order valence-electron chi connectivity index (χ1n) is 12.4. The fourth-order valence-electron chi connectivity index (χ4n) is 4.77. The van der Waals surface area contributed by atoms with Gasteiger partial charge in [-0.2, -0.15) is 11.8 Å². The summed E-state index contributed by atoms with van der Waals surface area (Å²) in [7, 11) is 0. The summed E-state index contributed by atoms with van der Waals surface area (Å²) in [5.74, 6) is 1.14. The molecule has 0 aliphatic carbocycles. The van der Waals surface area contributed by atoms with Crippen molar-refractivity contribution in [3.05, 3.63) is 47.8 Å². The molecule has 35 heavy (non-hydrogen) atoms. The highest BCUT2D eigenvalue weighted by molar-refractivity contribution is 7.99. The number of thioether (sulfide) groups is 1. The van der Waals surface area contributed by atoms with Gasteiger partial charge in [0, 0.05) is 45.2 Å². The first-order valence-corrected chi connectivity index (χ1v) is 13.5. The fourth-order valence-corrected chi connectivity index (χ4v) is 5.33. The van der Waals surface area contributed by atoms with Gasteiger partial charge in [-0.25, -0.2) is 0 Å². The molecule has 2 N–H and O–H groups in total. The van der Waals surface area contributed by atoms with Crippen molar-refractivity contribution in [2.24, 2.45) is 5.41 Å². The van der Waals surface area contributed by atoms with Crippen molar-refractivity contribution in [1.82, 2.24) is 30.5 Å². The van der Waals surface area contributed by atoms with Gasteiger partial charge in [0.2, 0.25) is 17.7 Å². The number of amides is 3. The second-order valence-corrected chi connectivity index (χ2v) is 10.6. The number of carbonyl (C=O) groups is 3. The van der Waals surface area contributed by atoms with Gasteiger partial charge in [0.15, 0.2) is 0 Å². The van der Waals surface area contributed by atoms with Gasteiger partial charge in [0.25, 0.3) is 0 Å². The number of nitrogens with one attached hydrogen (secondary N) is 2. The highest BCUT2D eigenvalue weighted by atomic mass is 32.2. The molecule has 188 valence electrons. The minimum absolute atomic E-state index is 0.115. The molecule has 2 aromatic rings. The molecule has 1 aromatic carbocycles. The molecule has 2 aliphatic heterocycles. The molecule has 4 rings (SSSR count). The van der Waals surface area contributed by atoms with Crippen molar-refractivity contribution in [1.29, 1.82) is 0 Å². The third-order valence-corrected chi connectivity index (χ3v) is 7.72. The number of carbonyl (C=O) groups excluding carboxylic acids is 3. The van der Waals surface area contributed by atoms with Gasteiger partial charge >= 0.3 is 0 Å². The van der Waals surface area contributed by atoms with Crippen LogP contribution in [0.4, 0.5) is 0 Å². The maximum atomic E-state index is 13.9. The smallest absolute Gasteiger partial charge is 0.242 e. The predicted octanol–water partition coefficient (Wildman–Crippen LogP) is 1.43. The molecule has 3 amide bonds. The lowest BCUT2D eigenvalue weighted by molar-refractivity contribution is -0.141. The number of hydrogen-bond donors (Lipinski definition) is 2. The quantitative estimate of drug-likeness (QED) is 0.646. The molecule has 1 aromatic heterocycles. The van der Waals surface area contributed by atoms with Gasteiger partial charge in [-0.1, -0.05) is 42.5 Å². The summed E-state index contributed by atoms with van der Waals surface area (Å²) in [4.78, 5) is 41.4. The number of rotatable bonds is 5. The molecule has 10 heteroatoms.